The van der Waals surface area contributed by atoms with Crippen molar-refractivity contribution < 1.29 is 4.74 Å². The molecule has 0 aliphatic rings. The molecule has 1 aromatic heterocycles. The zero-order valence-electron chi connectivity index (χ0n) is 6.80. The number of rotatable bonds is 1. The first kappa shape index (κ1) is 9.31. The van der Waals surface area contributed by atoms with Crippen LogP contribution in [-0.4, -0.2) is 7.11 Å². The van der Waals surface area contributed by atoms with Gasteiger partial charge in [0.2, 0.25) is 0 Å². The molecule has 0 fully saturated rings. The molecule has 0 aliphatic carbocycles. The van der Waals surface area contributed by atoms with E-state index in [1.54, 1.807) is 18.4 Å². The minimum Gasteiger partial charge on any atom is -0.494 e. The topological polar surface area (TPSA) is 9.23 Å². The zero-order valence-corrected chi connectivity index (χ0v) is 9.96. The number of methoxy groups -OCH3 is 1. The SMILES string of the molecule is COc1c(Br)sc2cccc(Cl)c12. The fraction of sp³-hybridized carbons (Fsp3) is 0.111. The van der Waals surface area contributed by atoms with Gasteiger partial charge in [0, 0.05) is 4.70 Å². The molecule has 0 unspecified atom stereocenters. The predicted octanol–water partition coefficient (Wildman–Crippen LogP) is 4.33. The molecule has 4 heteroatoms. The van der Waals surface area contributed by atoms with Crippen LogP contribution in [0.2, 0.25) is 5.02 Å². The summed E-state index contributed by atoms with van der Waals surface area (Å²) in [6.45, 7) is 0. The Hall–Kier alpha value is -0.250. The molecule has 0 bridgehead atoms. The van der Waals surface area contributed by atoms with Gasteiger partial charge in [-0.25, -0.2) is 0 Å². The van der Waals surface area contributed by atoms with Crippen molar-refractivity contribution in [2.24, 2.45) is 0 Å². The Labute approximate surface area is 93.4 Å². The molecule has 68 valence electrons. The summed E-state index contributed by atoms with van der Waals surface area (Å²) in [5.74, 6) is 0.825. The van der Waals surface area contributed by atoms with Crippen LogP contribution >= 0.6 is 38.9 Å². The first-order chi connectivity index (χ1) is 6.24. The number of ether oxygens (including phenoxy) is 1. The molecule has 0 aliphatic heterocycles. The largest absolute Gasteiger partial charge is 0.494 e. The second-order valence-corrected chi connectivity index (χ2v) is 5.30. The van der Waals surface area contributed by atoms with Gasteiger partial charge in [-0.3, -0.25) is 0 Å². The zero-order chi connectivity index (χ0) is 9.42. The van der Waals surface area contributed by atoms with Gasteiger partial charge in [-0.15, -0.1) is 11.3 Å². The molecule has 1 aromatic carbocycles. The lowest BCUT2D eigenvalue weighted by molar-refractivity contribution is 0.419. The summed E-state index contributed by atoms with van der Waals surface area (Å²) in [4.78, 5) is 0. The fourth-order valence-corrected chi connectivity index (χ4v) is 3.36. The van der Waals surface area contributed by atoms with Gasteiger partial charge in [-0.05, 0) is 28.1 Å². The maximum Gasteiger partial charge on any atom is 0.153 e. The highest BCUT2D eigenvalue weighted by Crippen LogP contribution is 2.44. The molecular weight excluding hydrogens is 272 g/mol. The van der Waals surface area contributed by atoms with Crippen LogP contribution in [0.3, 0.4) is 0 Å². The van der Waals surface area contributed by atoms with Crippen molar-refractivity contribution in [3.05, 3.63) is 27.0 Å². The molecule has 1 heterocycles. The minimum atomic E-state index is 0.733. The summed E-state index contributed by atoms with van der Waals surface area (Å²) in [7, 11) is 1.65. The summed E-state index contributed by atoms with van der Waals surface area (Å²) in [6, 6.07) is 5.83. The average molecular weight is 278 g/mol. The lowest BCUT2D eigenvalue weighted by Gasteiger charge is -1.98. The van der Waals surface area contributed by atoms with Crippen molar-refractivity contribution in [2.75, 3.05) is 7.11 Å². The van der Waals surface area contributed by atoms with E-state index in [0.29, 0.717) is 0 Å². The van der Waals surface area contributed by atoms with Gasteiger partial charge in [0.25, 0.3) is 0 Å². The van der Waals surface area contributed by atoms with Crippen LogP contribution in [0.1, 0.15) is 0 Å². The van der Waals surface area contributed by atoms with Crippen LogP contribution in [0.15, 0.2) is 22.0 Å². The van der Waals surface area contributed by atoms with E-state index < -0.39 is 0 Å². The van der Waals surface area contributed by atoms with Gasteiger partial charge >= 0.3 is 0 Å². The standard InChI is InChI=1S/C9H6BrClOS/c1-12-8-7-5(11)3-2-4-6(7)13-9(8)10/h2-4H,1H3. The number of hydrogen-bond acceptors (Lipinski definition) is 2. The van der Waals surface area contributed by atoms with Crippen LogP contribution in [0.5, 0.6) is 5.75 Å². The molecule has 0 saturated heterocycles. The maximum absolute atomic E-state index is 6.06. The van der Waals surface area contributed by atoms with Gasteiger partial charge in [-0.1, -0.05) is 17.7 Å². The molecule has 2 aromatic rings. The highest BCUT2D eigenvalue weighted by molar-refractivity contribution is 9.11. The van der Waals surface area contributed by atoms with E-state index in [1.807, 2.05) is 18.2 Å². The third kappa shape index (κ3) is 1.45. The molecule has 0 radical (unpaired) electrons. The maximum atomic E-state index is 6.06. The van der Waals surface area contributed by atoms with Crippen molar-refractivity contribution in [3.63, 3.8) is 0 Å². The third-order valence-electron chi connectivity index (χ3n) is 1.78. The van der Waals surface area contributed by atoms with Gasteiger partial charge in [-0.2, -0.15) is 0 Å². The molecule has 13 heavy (non-hydrogen) atoms. The van der Waals surface area contributed by atoms with E-state index in [-0.39, 0.29) is 0 Å². The molecular formula is C9H6BrClOS. The summed E-state index contributed by atoms with van der Waals surface area (Å²) in [5.41, 5.74) is 0. The number of halogens is 2. The van der Waals surface area contributed by atoms with Crippen LogP contribution in [0.4, 0.5) is 0 Å². The van der Waals surface area contributed by atoms with Crippen LogP contribution in [0, 0.1) is 0 Å². The Kier molecular flexibility index (Phi) is 2.49. The second-order valence-electron chi connectivity index (χ2n) is 2.52. The lowest BCUT2D eigenvalue weighted by Crippen LogP contribution is -1.80. The quantitative estimate of drug-likeness (QED) is 0.754. The van der Waals surface area contributed by atoms with Gasteiger partial charge in [0.1, 0.15) is 3.79 Å². The lowest BCUT2D eigenvalue weighted by atomic mass is 10.2. The van der Waals surface area contributed by atoms with Crippen molar-refractivity contribution in [3.8, 4) is 5.75 Å². The molecule has 0 spiro atoms. The van der Waals surface area contributed by atoms with E-state index in [0.717, 1.165) is 24.6 Å². The molecule has 0 N–H and O–H groups in total. The number of hydrogen-bond donors (Lipinski definition) is 0. The third-order valence-corrected chi connectivity index (χ3v) is 3.87. The van der Waals surface area contributed by atoms with Crippen molar-refractivity contribution in [1.29, 1.82) is 0 Å². The predicted molar refractivity (Wildman–Crippen MR) is 61.1 cm³/mol. The van der Waals surface area contributed by atoms with Crippen LogP contribution < -0.4 is 4.74 Å². The molecule has 0 saturated carbocycles. The van der Waals surface area contributed by atoms with Crippen LogP contribution in [0.25, 0.3) is 10.1 Å². The smallest absolute Gasteiger partial charge is 0.153 e. The van der Waals surface area contributed by atoms with Gasteiger partial charge in [0.05, 0.1) is 17.5 Å². The normalized spacial score (nSPS) is 10.7. The number of benzene rings is 1. The monoisotopic (exact) mass is 276 g/mol. The summed E-state index contributed by atoms with van der Waals surface area (Å²) >= 11 is 11.1. The van der Waals surface area contributed by atoms with E-state index in [1.165, 1.54) is 0 Å². The first-order valence-electron chi connectivity index (χ1n) is 3.64. The van der Waals surface area contributed by atoms with E-state index in [2.05, 4.69) is 15.9 Å². The molecule has 1 nitrogen and oxygen atoms in total. The van der Waals surface area contributed by atoms with Crippen molar-refractivity contribution in [1.82, 2.24) is 0 Å². The molecule has 2 rings (SSSR count). The number of thiophene rings is 1. The Morgan fingerprint density at radius 3 is 2.92 bits per heavy atom. The van der Waals surface area contributed by atoms with Crippen molar-refractivity contribution >= 4 is 49.0 Å². The second kappa shape index (κ2) is 3.48. The Morgan fingerprint density at radius 2 is 2.23 bits per heavy atom. The Bertz CT molecular complexity index is 452. The number of fused-ring (bicyclic) bond motifs is 1. The highest BCUT2D eigenvalue weighted by Gasteiger charge is 2.12. The van der Waals surface area contributed by atoms with Gasteiger partial charge < -0.3 is 4.74 Å². The fourth-order valence-electron chi connectivity index (χ4n) is 1.23. The minimum absolute atomic E-state index is 0.733. The summed E-state index contributed by atoms with van der Waals surface area (Å²) < 4.78 is 7.38. The molecule has 0 atom stereocenters. The Balaban J connectivity index is 2.88. The molecule has 0 amide bonds. The average Bonchev–Trinajstić information content (AvgIpc) is 2.42. The van der Waals surface area contributed by atoms with Crippen LogP contribution in [-0.2, 0) is 0 Å². The first-order valence-corrected chi connectivity index (χ1v) is 5.63. The van der Waals surface area contributed by atoms with E-state index >= 15 is 0 Å². The summed E-state index contributed by atoms with van der Waals surface area (Å²) in [5, 5.41) is 1.72. The van der Waals surface area contributed by atoms with E-state index in [9.17, 15) is 0 Å². The highest BCUT2D eigenvalue weighted by atomic mass is 79.9. The van der Waals surface area contributed by atoms with E-state index in [4.69, 9.17) is 16.3 Å². The summed E-state index contributed by atoms with van der Waals surface area (Å²) in [6.07, 6.45) is 0. The van der Waals surface area contributed by atoms with Gasteiger partial charge in [0.15, 0.2) is 5.75 Å². The van der Waals surface area contributed by atoms with Crippen molar-refractivity contribution in [2.45, 2.75) is 0 Å². The Morgan fingerprint density at radius 1 is 1.46 bits per heavy atom.